The summed E-state index contributed by atoms with van der Waals surface area (Å²) in [5, 5.41) is 2.15. The summed E-state index contributed by atoms with van der Waals surface area (Å²) in [6, 6.07) is 8.09. The largest absolute Gasteiger partial charge is 0.496 e. The van der Waals surface area contributed by atoms with Gasteiger partial charge in [0.05, 0.1) is 7.11 Å². The Labute approximate surface area is 118 Å². The molecule has 2 aromatic carbocycles. The summed E-state index contributed by atoms with van der Waals surface area (Å²) < 4.78 is 11.5. The van der Waals surface area contributed by atoms with Gasteiger partial charge in [0, 0.05) is 16.2 Å². The lowest BCUT2D eigenvalue weighted by molar-refractivity contribution is 0.411. The lowest BCUT2D eigenvalue weighted by atomic mass is 9.97. The van der Waals surface area contributed by atoms with Crippen LogP contribution in [0.25, 0.3) is 21.9 Å². The summed E-state index contributed by atoms with van der Waals surface area (Å²) in [5.41, 5.74) is 2.80. The molecule has 104 valence electrons. The van der Waals surface area contributed by atoms with Gasteiger partial charge in [0.1, 0.15) is 11.3 Å². The third-order valence-electron chi connectivity index (χ3n) is 3.53. The normalized spacial score (nSPS) is 12.2. The van der Waals surface area contributed by atoms with Crippen LogP contribution in [0.5, 0.6) is 5.75 Å². The Bertz CT molecular complexity index is 794. The zero-order valence-electron chi connectivity index (χ0n) is 12.6. The average Bonchev–Trinajstić information content (AvgIpc) is 2.82. The number of oxazole rings is 1. The molecule has 0 N–H and O–H groups in total. The van der Waals surface area contributed by atoms with Gasteiger partial charge in [-0.2, -0.15) is 0 Å². The first-order chi connectivity index (χ1) is 9.41. The van der Waals surface area contributed by atoms with Gasteiger partial charge >= 0.3 is 0 Å². The van der Waals surface area contributed by atoms with Crippen LogP contribution in [0.3, 0.4) is 0 Å². The quantitative estimate of drug-likeness (QED) is 0.648. The number of rotatable bonds is 1. The fourth-order valence-electron chi connectivity index (χ4n) is 2.52. The first-order valence-electron chi connectivity index (χ1n) is 6.79. The van der Waals surface area contributed by atoms with E-state index in [9.17, 15) is 0 Å². The highest BCUT2D eigenvalue weighted by atomic mass is 16.5. The first kappa shape index (κ1) is 13.0. The van der Waals surface area contributed by atoms with E-state index in [-0.39, 0.29) is 5.41 Å². The Hall–Kier alpha value is -2.03. The fraction of sp³-hybridized carbons (Fsp3) is 0.353. The molecule has 0 radical (unpaired) electrons. The summed E-state index contributed by atoms with van der Waals surface area (Å²) in [6.45, 7) is 8.39. The molecule has 20 heavy (non-hydrogen) atoms. The molecule has 0 saturated heterocycles. The van der Waals surface area contributed by atoms with Crippen molar-refractivity contribution in [3.63, 3.8) is 0 Å². The number of aryl methyl sites for hydroxylation is 1. The minimum atomic E-state index is -0.0991. The maximum absolute atomic E-state index is 6.03. The van der Waals surface area contributed by atoms with Crippen molar-refractivity contribution in [1.29, 1.82) is 0 Å². The Morgan fingerprint density at radius 1 is 1.20 bits per heavy atom. The highest BCUT2D eigenvalue weighted by Crippen LogP contribution is 2.36. The lowest BCUT2D eigenvalue weighted by Crippen LogP contribution is -2.10. The van der Waals surface area contributed by atoms with Gasteiger partial charge in [0.2, 0.25) is 5.89 Å². The highest BCUT2D eigenvalue weighted by molar-refractivity contribution is 6.07. The Morgan fingerprint density at radius 2 is 1.95 bits per heavy atom. The van der Waals surface area contributed by atoms with Crippen molar-refractivity contribution in [1.82, 2.24) is 4.98 Å². The minimum absolute atomic E-state index is 0.0991. The summed E-state index contributed by atoms with van der Waals surface area (Å²) in [7, 11) is 1.69. The molecule has 0 aliphatic rings. The molecule has 0 unspecified atom stereocenters. The van der Waals surface area contributed by atoms with E-state index in [2.05, 4.69) is 44.8 Å². The number of aromatic nitrogens is 1. The van der Waals surface area contributed by atoms with Crippen molar-refractivity contribution < 1.29 is 9.15 Å². The summed E-state index contributed by atoms with van der Waals surface area (Å²) in [6.07, 6.45) is 0. The monoisotopic (exact) mass is 269 g/mol. The second-order valence-corrected chi connectivity index (χ2v) is 6.19. The van der Waals surface area contributed by atoms with E-state index in [4.69, 9.17) is 9.15 Å². The third-order valence-corrected chi connectivity index (χ3v) is 3.53. The van der Waals surface area contributed by atoms with Crippen LogP contribution >= 0.6 is 0 Å². The molecular weight excluding hydrogens is 250 g/mol. The molecule has 1 aromatic heterocycles. The van der Waals surface area contributed by atoms with Crippen molar-refractivity contribution in [2.75, 3.05) is 7.11 Å². The summed E-state index contributed by atoms with van der Waals surface area (Å²) in [5.74, 6) is 1.64. The second-order valence-electron chi connectivity index (χ2n) is 6.19. The molecule has 0 bridgehead atoms. The lowest BCUT2D eigenvalue weighted by Gasteiger charge is -2.11. The fourth-order valence-corrected chi connectivity index (χ4v) is 2.52. The molecule has 1 heterocycles. The van der Waals surface area contributed by atoms with E-state index in [1.54, 1.807) is 7.11 Å². The number of ether oxygens (including phenoxy) is 1. The Balaban J connectivity index is 2.44. The maximum Gasteiger partial charge on any atom is 0.200 e. The van der Waals surface area contributed by atoms with Gasteiger partial charge < -0.3 is 9.15 Å². The number of hydrogen-bond acceptors (Lipinski definition) is 3. The van der Waals surface area contributed by atoms with Crippen molar-refractivity contribution >= 4 is 21.9 Å². The van der Waals surface area contributed by atoms with Gasteiger partial charge in [-0.1, -0.05) is 32.9 Å². The molecule has 0 aliphatic heterocycles. The van der Waals surface area contributed by atoms with E-state index >= 15 is 0 Å². The van der Waals surface area contributed by atoms with Gasteiger partial charge in [-0.05, 0) is 24.6 Å². The van der Waals surface area contributed by atoms with Crippen LogP contribution in [0, 0.1) is 6.92 Å². The second kappa shape index (κ2) is 4.23. The number of fused-ring (bicyclic) bond motifs is 3. The summed E-state index contributed by atoms with van der Waals surface area (Å²) >= 11 is 0. The van der Waals surface area contributed by atoms with Crippen molar-refractivity contribution in [2.45, 2.75) is 33.1 Å². The SMILES string of the molecule is COc1cccc2c1c(C)cc1nc(C(C)(C)C)oc12. The van der Waals surface area contributed by atoms with E-state index < -0.39 is 0 Å². The van der Waals surface area contributed by atoms with Gasteiger partial charge in [-0.25, -0.2) is 4.98 Å². The maximum atomic E-state index is 6.03. The smallest absolute Gasteiger partial charge is 0.200 e. The van der Waals surface area contributed by atoms with Crippen LogP contribution in [0.1, 0.15) is 32.2 Å². The summed E-state index contributed by atoms with van der Waals surface area (Å²) in [4.78, 5) is 4.64. The predicted molar refractivity (Wildman–Crippen MR) is 81.5 cm³/mol. The third kappa shape index (κ3) is 1.85. The van der Waals surface area contributed by atoms with Crippen LogP contribution in [-0.4, -0.2) is 12.1 Å². The van der Waals surface area contributed by atoms with Crippen molar-refractivity contribution in [3.05, 3.63) is 35.7 Å². The topological polar surface area (TPSA) is 35.3 Å². The standard InChI is InChI=1S/C17H19NO2/c1-10-9-12-15(20-16(18-12)17(2,3)4)11-7-6-8-13(19-5)14(10)11/h6-9H,1-5H3. The zero-order valence-corrected chi connectivity index (χ0v) is 12.6. The van der Waals surface area contributed by atoms with E-state index in [0.717, 1.165) is 39.1 Å². The molecule has 3 heteroatoms. The molecule has 0 spiro atoms. The van der Waals surface area contributed by atoms with E-state index in [1.165, 1.54) is 0 Å². The predicted octanol–water partition coefficient (Wildman–Crippen LogP) is 4.60. The number of hydrogen-bond donors (Lipinski definition) is 0. The molecule has 0 aliphatic carbocycles. The van der Waals surface area contributed by atoms with Crippen LogP contribution in [-0.2, 0) is 5.41 Å². The average molecular weight is 269 g/mol. The molecule has 0 amide bonds. The molecular formula is C17H19NO2. The first-order valence-corrected chi connectivity index (χ1v) is 6.79. The molecule has 0 atom stereocenters. The number of methoxy groups -OCH3 is 1. The number of benzene rings is 2. The molecule has 0 fully saturated rings. The molecule has 3 aromatic rings. The van der Waals surface area contributed by atoms with Gasteiger partial charge in [-0.15, -0.1) is 0 Å². The van der Waals surface area contributed by atoms with Crippen LogP contribution in [0.15, 0.2) is 28.7 Å². The van der Waals surface area contributed by atoms with Crippen molar-refractivity contribution in [3.8, 4) is 5.75 Å². The molecule has 3 nitrogen and oxygen atoms in total. The van der Waals surface area contributed by atoms with Crippen LogP contribution in [0.4, 0.5) is 0 Å². The molecule has 3 rings (SSSR count). The molecule has 0 saturated carbocycles. The highest BCUT2D eigenvalue weighted by Gasteiger charge is 2.22. The van der Waals surface area contributed by atoms with Gasteiger partial charge in [0.25, 0.3) is 0 Å². The van der Waals surface area contributed by atoms with Gasteiger partial charge in [-0.3, -0.25) is 0 Å². The van der Waals surface area contributed by atoms with Crippen molar-refractivity contribution in [2.24, 2.45) is 0 Å². The Morgan fingerprint density at radius 3 is 2.60 bits per heavy atom. The number of nitrogens with zero attached hydrogens (tertiary/aromatic N) is 1. The van der Waals surface area contributed by atoms with Gasteiger partial charge in [0.15, 0.2) is 5.58 Å². The van der Waals surface area contributed by atoms with Crippen LogP contribution in [0.2, 0.25) is 0 Å². The zero-order chi connectivity index (χ0) is 14.5. The minimum Gasteiger partial charge on any atom is -0.496 e. The Kier molecular flexibility index (Phi) is 2.75. The van der Waals surface area contributed by atoms with E-state index in [1.807, 2.05) is 12.1 Å². The van der Waals surface area contributed by atoms with E-state index in [0.29, 0.717) is 0 Å². The van der Waals surface area contributed by atoms with Crippen LogP contribution < -0.4 is 4.74 Å².